The summed E-state index contributed by atoms with van der Waals surface area (Å²) in [6.07, 6.45) is 2.86. The van der Waals surface area contributed by atoms with Crippen molar-refractivity contribution in [3.8, 4) is 0 Å². The van der Waals surface area contributed by atoms with E-state index in [4.69, 9.17) is 5.73 Å². The van der Waals surface area contributed by atoms with Gasteiger partial charge in [0.25, 0.3) is 0 Å². The molecule has 96 valence electrons. The molecule has 7 heteroatoms. The van der Waals surface area contributed by atoms with Crippen molar-refractivity contribution in [2.24, 2.45) is 0 Å². The van der Waals surface area contributed by atoms with Gasteiger partial charge < -0.3 is 11.1 Å². The second-order valence-corrected chi connectivity index (χ2v) is 6.73. The van der Waals surface area contributed by atoms with Crippen LogP contribution in [-0.4, -0.2) is 19.7 Å². The molecule has 0 amide bonds. The first-order chi connectivity index (χ1) is 8.48. The molecule has 0 aliphatic carbocycles. The third kappa shape index (κ3) is 2.80. The molecule has 0 saturated heterocycles. The maximum absolute atomic E-state index is 11.5. The molecule has 1 aromatic carbocycles. The van der Waals surface area contributed by atoms with E-state index < -0.39 is 9.84 Å². The monoisotopic (exact) mass is 283 g/mol. The third-order valence-corrected chi connectivity index (χ3v) is 4.31. The van der Waals surface area contributed by atoms with Crippen LogP contribution in [0.15, 0.2) is 34.7 Å². The fourth-order valence-electron chi connectivity index (χ4n) is 1.53. The van der Waals surface area contributed by atoms with Crippen LogP contribution in [0.5, 0.6) is 0 Å². The number of hydrogen-bond acceptors (Lipinski definition) is 6. The van der Waals surface area contributed by atoms with Gasteiger partial charge in [0.05, 0.1) is 22.8 Å². The van der Waals surface area contributed by atoms with E-state index >= 15 is 0 Å². The van der Waals surface area contributed by atoms with Gasteiger partial charge >= 0.3 is 0 Å². The lowest BCUT2D eigenvalue weighted by atomic mass is 10.2. The van der Waals surface area contributed by atoms with Gasteiger partial charge in [0.1, 0.15) is 5.01 Å². The smallest absolute Gasteiger partial charge is 0.177 e. The lowest BCUT2D eigenvalue weighted by Crippen LogP contribution is -2.07. The van der Waals surface area contributed by atoms with Crippen molar-refractivity contribution >= 4 is 32.5 Å². The minimum Gasteiger partial charge on any atom is -0.396 e. The Morgan fingerprint density at radius 2 is 2.22 bits per heavy atom. The van der Waals surface area contributed by atoms with Crippen LogP contribution in [0.25, 0.3) is 0 Å². The number of hydrogen-bond donors (Lipinski definition) is 2. The molecule has 0 aliphatic heterocycles. The molecule has 18 heavy (non-hydrogen) atoms. The summed E-state index contributed by atoms with van der Waals surface area (Å²) in [6.45, 7) is 0.523. The van der Waals surface area contributed by atoms with Gasteiger partial charge in [0, 0.05) is 17.8 Å². The van der Waals surface area contributed by atoms with E-state index in [-0.39, 0.29) is 10.6 Å². The van der Waals surface area contributed by atoms with Crippen LogP contribution in [0.2, 0.25) is 0 Å². The predicted molar refractivity (Wildman–Crippen MR) is 73.4 cm³/mol. The number of aromatic nitrogens is 1. The number of nitrogens with one attached hydrogen (secondary N) is 1. The fourth-order valence-corrected chi connectivity index (χ4v) is 2.92. The Balaban J connectivity index is 2.24. The summed E-state index contributed by atoms with van der Waals surface area (Å²) < 4.78 is 23.0. The number of benzene rings is 1. The summed E-state index contributed by atoms with van der Waals surface area (Å²) in [4.78, 5) is 4.27. The number of nitrogen functional groups attached to an aromatic ring is 1. The second kappa shape index (κ2) is 4.95. The van der Waals surface area contributed by atoms with Gasteiger partial charge in [-0.15, -0.1) is 11.3 Å². The van der Waals surface area contributed by atoms with E-state index in [0.29, 0.717) is 12.2 Å². The zero-order valence-corrected chi connectivity index (χ0v) is 11.4. The summed E-state index contributed by atoms with van der Waals surface area (Å²) in [5.41, 5.74) is 6.70. The zero-order chi connectivity index (χ0) is 13.2. The molecule has 0 radical (unpaired) electrons. The number of anilines is 2. The fraction of sp³-hybridized carbons (Fsp3) is 0.182. The van der Waals surface area contributed by atoms with Crippen LogP contribution in [0.1, 0.15) is 5.01 Å². The van der Waals surface area contributed by atoms with Crippen LogP contribution >= 0.6 is 11.3 Å². The molecule has 0 spiro atoms. The van der Waals surface area contributed by atoms with Gasteiger partial charge in [0.15, 0.2) is 9.84 Å². The normalized spacial score (nSPS) is 11.4. The molecule has 2 rings (SSSR count). The molecule has 1 heterocycles. The van der Waals surface area contributed by atoms with Gasteiger partial charge in [-0.2, -0.15) is 0 Å². The van der Waals surface area contributed by atoms with Crippen LogP contribution in [0, 0.1) is 0 Å². The molecule has 0 aliphatic rings. The molecular formula is C11H13N3O2S2. The number of nitrogens with zero attached hydrogens (tertiary/aromatic N) is 1. The Labute approximate surface area is 110 Å². The SMILES string of the molecule is CS(=O)(=O)c1cccc(NCc2nccs2)c1N. The lowest BCUT2D eigenvalue weighted by molar-refractivity contribution is 0.602. The minimum atomic E-state index is -3.31. The molecule has 0 unspecified atom stereocenters. The minimum absolute atomic E-state index is 0.145. The Kier molecular flexibility index (Phi) is 3.53. The molecule has 2 aromatic rings. The predicted octanol–water partition coefficient (Wildman–Crippen LogP) is 1.74. The van der Waals surface area contributed by atoms with Crippen molar-refractivity contribution in [3.63, 3.8) is 0 Å². The summed E-state index contributed by atoms with van der Waals surface area (Å²) in [7, 11) is -3.31. The van der Waals surface area contributed by atoms with Crippen LogP contribution in [-0.2, 0) is 16.4 Å². The quantitative estimate of drug-likeness (QED) is 0.835. The molecule has 0 fully saturated rings. The highest BCUT2D eigenvalue weighted by molar-refractivity contribution is 7.90. The van der Waals surface area contributed by atoms with Gasteiger partial charge in [-0.05, 0) is 12.1 Å². The van der Waals surface area contributed by atoms with E-state index in [2.05, 4.69) is 10.3 Å². The lowest BCUT2D eigenvalue weighted by Gasteiger charge is -2.10. The Bertz CT molecular complexity index is 636. The van der Waals surface area contributed by atoms with Gasteiger partial charge in [-0.25, -0.2) is 13.4 Å². The molecule has 5 nitrogen and oxygen atoms in total. The number of sulfone groups is 1. The summed E-state index contributed by atoms with van der Waals surface area (Å²) in [5.74, 6) is 0. The van der Waals surface area contributed by atoms with E-state index in [1.165, 1.54) is 17.4 Å². The van der Waals surface area contributed by atoms with Gasteiger partial charge in [0.2, 0.25) is 0 Å². The molecular weight excluding hydrogens is 270 g/mol. The zero-order valence-electron chi connectivity index (χ0n) is 9.75. The number of nitrogens with two attached hydrogens (primary N) is 1. The Morgan fingerprint density at radius 3 is 2.83 bits per heavy atom. The highest BCUT2D eigenvalue weighted by Crippen LogP contribution is 2.27. The van der Waals surface area contributed by atoms with Crippen molar-refractivity contribution < 1.29 is 8.42 Å². The van der Waals surface area contributed by atoms with Crippen LogP contribution < -0.4 is 11.1 Å². The molecule has 0 atom stereocenters. The molecule has 0 bridgehead atoms. The molecule has 3 N–H and O–H groups in total. The number of para-hydroxylation sites is 1. The topological polar surface area (TPSA) is 85.1 Å². The Morgan fingerprint density at radius 1 is 1.44 bits per heavy atom. The van der Waals surface area contributed by atoms with Gasteiger partial charge in [-0.3, -0.25) is 0 Å². The van der Waals surface area contributed by atoms with Crippen LogP contribution in [0.3, 0.4) is 0 Å². The average Bonchev–Trinajstić information content (AvgIpc) is 2.79. The molecule has 0 saturated carbocycles. The van der Waals surface area contributed by atoms with Crippen molar-refractivity contribution in [2.45, 2.75) is 11.4 Å². The first kappa shape index (κ1) is 12.8. The Hall–Kier alpha value is -1.60. The van der Waals surface area contributed by atoms with Crippen LogP contribution in [0.4, 0.5) is 11.4 Å². The van der Waals surface area contributed by atoms with E-state index in [9.17, 15) is 8.42 Å². The standard InChI is InChI=1S/C11H13N3O2S2/c1-18(15,16)9-4-2-3-8(11(9)12)14-7-10-13-5-6-17-10/h2-6,14H,7,12H2,1H3. The van der Waals surface area contributed by atoms with E-state index in [1.807, 2.05) is 5.38 Å². The van der Waals surface area contributed by atoms with E-state index in [1.54, 1.807) is 18.3 Å². The van der Waals surface area contributed by atoms with E-state index in [0.717, 1.165) is 11.3 Å². The maximum atomic E-state index is 11.5. The largest absolute Gasteiger partial charge is 0.396 e. The van der Waals surface area contributed by atoms with Crippen molar-refractivity contribution in [2.75, 3.05) is 17.3 Å². The maximum Gasteiger partial charge on any atom is 0.177 e. The first-order valence-electron chi connectivity index (χ1n) is 5.19. The van der Waals surface area contributed by atoms with Crippen molar-refractivity contribution in [1.82, 2.24) is 4.98 Å². The summed E-state index contributed by atoms with van der Waals surface area (Å²) in [6, 6.07) is 4.91. The second-order valence-electron chi connectivity index (χ2n) is 3.77. The first-order valence-corrected chi connectivity index (χ1v) is 7.96. The van der Waals surface area contributed by atoms with Crippen molar-refractivity contribution in [3.05, 3.63) is 34.8 Å². The summed E-state index contributed by atoms with van der Waals surface area (Å²) in [5, 5.41) is 5.88. The average molecular weight is 283 g/mol. The van der Waals surface area contributed by atoms with Gasteiger partial charge in [-0.1, -0.05) is 6.07 Å². The highest BCUT2D eigenvalue weighted by atomic mass is 32.2. The number of rotatable bonds is 4. The number of thiazole rings is 1. The molecule has 1 aromatic heterocycles. The summed E-state index contributed by atoms with van der Waals surface area (Å²) >= 11 is 1.53. The third-order valence-electron chi connectivity index (χ3n) is 2.38. The van der Waals surface area contributed by atoms with Crippen molar-refractivity contribution in [1.29, 1.82) is 0 Å². The highest BCUT2D eigenvalue weighted by Gasteiger charge is 2.13.